The first kappa shape index (κ1) is 26.4. The van der Waals surface area contributed by atoms with Gasteiger partial charge in [-0.15, -0.1) is 10.2 Å². The van der Waals surface area contributed by atoms with E-state index >= 15 is 0 Å². The Bertz CT molecular complexity index is 1810. The summed E-state index contributed by atoms with van der Waals surface area (Å²) < 4.78 is 42.0. The SMILES string of the molecule is Cc1cc(C)cc(-n2c(O)c(N=Nc3ccnc(-c4cccc(C(=O)O)c4)c3O)c3ccc(C(F)(F)F)cc32)c1. The molecular weight excluding hydrogens is 525 g/mol. The van der Waals surface area contributed by atoms with Gasteiger partial charge in [-0.2, -0.15) is 13.2 Å². The van der Waals surface area contributed by atoms with Gasteiger partial charge < -0.3 is 15.3 Å². The summed E-state index contributed by atoms with van der Waals surface area (Å²) in [6, 6.07) is 15.5. The summed E-state index contributed by atoms with van der Waals surface area (Å²) in [7, 11) is 0. The van der Waals surface area contributed by atoms with Crippen LogP contribution in [0.1, 0.15) is 27.0 Å². The molecule has 0 aliphatic rings. The lowest BCUT2D eigenvalue weighted by atomic mass is 10.1. The lowest BCUT2D eigenvalue weighted by Crippen LogP contribution is -2.05. The lowest BCUT2D eigenvalue weighted by molar-refractivity contribution is -0.137. The number of hydrogen-bond donors (Lipinski definition) is 3. The van der Waals surface area contributed by atoms with Crippen LogP contribution in [0, 0.1) is 13.8 Å². The maximum Gasteiger partial charge on any atom is 0.416 e. The van der Waals surface area contributed by atoms with Crippen molar-refractivity contribution in [2.45, 2.75) is 20.0 Å². The number of aromatic nitrogens is 2. The first-order valence-corrected chi connectivity index (χ1v) is 11.9. The minimum Gasteiger partial charge on any atom is -0.504 e. The summed E-state index contributed by atoms with van der Waals surface area (Å²) >= 11 is 0. The summed E-state index contributed by atoms with van der Waals surface area (Å²) in [6.07, 6.45) is -3.27. The molecule has 0 spiro atoms. The van der Waals surface area contributed by atoms with E-state index in [0.717, 1.165) is 23.3 Å². The van der Waals surface area contributed by atoms with Gasteiger partial charge in [-0.3, -0.25) is 9.55 Å². The van der Waals surface area contributed by atoms with E-state index in [1.165, 1.54) is 41.1 Å². The largest absolute Gasteiger partial charge is 0.504 e. The molecule has 3 aromatic carbocycles. The summed E-state index contributed by atoms with van der Waals surface area (Å²) in [5.74, 6) is -1.99. The summed E-state index contributed by atoms with van der Waals surface area (Å²) in [5.41, 5.74) is 1.50. The van der Waals surface area contributed by atoms with E-state index in [0.29, 0.717) is 11.3 Å². The molecule has 202 valence electrons. The Kier molecular flexibility index (Phi) is 6.50. The van der Waals surface area contributed by atoms with Crippen LogP contribution in [0.15, 0.2) is 83.2 Å². The molecular formula is C29H21F3N4O4. The number of azo groups is 1. The number of fused-ring (bicyclic) bond motifs is 1. The second-order valence-electron chi connectivity index (χ2n) is 9.20. The average molecular weight is 547 g/mol. The van der Waals surface area contributed by atoms with Crippen molar-refractivity contribution < 1.29 is 33.3 Å². The topological polar surface area (TPSA) is 120 Å². The number of carboxylic acid groups (broad SMARTS) is 1. The molecule has 0 saturated heterocycles. The van der Waals surface area contributed by atoms with E-state index in [1.807, 2.05) is 19.9 Å². The Morgan fingerprint density at radius 3 is 2.33 bits per heavy atom. The molecule has 0 saturated carbocycles. The highest BCUT2D eigenvalue weighted by atomic mass is 19.4. The van der Waals surface area contributed by atoms with Gasteiger partial charge in [-0.25, -0.2) is 4.79 Å². The minimum atomic E-state index is -4.61. The third kappa shape index (κ3) is 4.84. The van der Waals surface area contributed by atoms with Crippen molar-refractivity contribution in [3.8, 4) is 28.6 Å². The molecule has 5 rings (SSSR count). The molecule has 8 nitrogen and oxygen atoms in total. The summed E-state index contributed by atoms with van der Waals surface area (Å²) in [5, 5.41) is 39.7. The smallest absolute Gasteiger partial charge is 0.416 e. The molecule has 2 aromatic heterocycles. The van der Waals surface area contributed by atoms with Gasteiger partial charge in [-0.05, 0) is 73.5 Å². The van der Waals surface area contributed by atoms with Crippen molar-refractivity contribution in [2.75, 3.05) is 0 Å². The Morgan fingerprint density at radius 1 is 0.925 bits per heavy atom. The van der Waals surface area contributed by atoms with Gasteiger partial charge >= 0.3 is 12.1 Å². The van der Waals surface area contributed by atoms with E-state index in [1.54, 1.807) is 18.2 Å². The van der Waals surface area contributed by atoms with Crippen LogP contribution in [0.2, 0.25) is 0 Å². The maximum atomic E-state index is 13.6. The first-order valence-electron chi connectivity index (χ1n) is 11.9. The fourth-order valence-electron chi connectivity index (χ4n) is 4.51. The number of carboxylic acids is 1. The van der Waals surface area contributed by atoms with Crippen LogP contribution < -0.4 is 0 Å². The Morgan fingerprint density at radius 2 is 1.65 bits per heavy atom. The highest BCUT2D eigenvalue weighted by molar-refractivity contribution is 5.97. The number of hydrogen-bond acceptors (Lipinski definition) is 6. The number of aromatic hydroxyl groups is 2. The van der Waals surface area contributed by atoms with Crippen LogP contribution in [0.3, 0.4) is 0 Å². The predicted octanol–water partition coefficient (Wildman–Crippen LogP) is 7.85. The summed E-state index contributed by atoms with van der Waals surface area (Å²) in [6.45, 7) is 3.66. The van der Waals surface area contributed by atoms with Gasteiger partial charge in [0.2, 0.25) is 5.88 Å². The van der Waals surface area contributed by atoms with E-state index < -0.39 is 29.3 Å². The van der Waals surface area contributed by atoms with E-state index in [4.69, 9.17) is 0 Å². The van der Waals surface area contributed by atoms with Crippen LogP contribution in [-0.4, -0.2) is 30.8 Å². The number of nitrogens with zero attached hydrogens (tertiary/aromatic N) is 4. The molecule has 5 aromatic rings. The minimum absolute atomic E-state index is 0.00641. The second-order valence-corrected chi connectivity index (χ2v) is 9.20. The third-order valence-corrected chi connectivity index (χ3v) is 6.25. The standard InChI is InChI=1S/C29H21F3N4O4/c1-15-10-16(2)12-20(11-15)36-23-14-19(29(30,31)32)6-7-21(23)25(27(36)38)35-34-22-8-9-33-24(26(22)37)17-4-3-5-18(13-17)28(39)40/h3-14,37-38H,1-2H3,(H,39,40). The lowest BCUT2D eigenvalue weighted by Gasteiger charge is -2.11. The van der Waals surface area contributed by atoms with Crippen molar-refractivity contribution >= 4 is 28.2 Å². The molecule has 0 amide bonds. The zero-order chi connectivity index (χ0) is 28.8. The second kappa shape index (κ2) is 9.84. The van der Waals surface area contributed by atoms with Crippen LogP contribution in [0.4, 0.5) is 24.5 Å². The number of pyridine rings is 1. The van der Waals surface area contributed by atoms with Gasteiger partial charge in [0.25, 0.3) is 0 Å². The van der Waals surface area contributed by atoms with Crippen molar-refractivity contribution in [3.63, 3.8) is 0 Å². The molecule has 3 N–H and O–H groups in total. The van der Waals surface area contributed by atoms with Gasteiger partial charge in [0, 0.05) is 22.8 Å². The Labute approximate surface area is 225 Å². The molecule has 0 atom stereocenters. The highest BCUT2D eigenvalue weighted by Crippen LogP contribution is 2.45. The predicted molar refractivity (Wildman–Crippen MR) is 142 cm³/mol. The molecule has 0 aliphatic carbocycles. The maximum absolute atomic E-state index is 13.6. The van der Waals surface area contributed by atoms with Crippen molar-refractivity contribution in [1.82, 2.24) is 9.55 Å². The molecule has 0 bridgehead atoms. The van der Waals surface area contributed by atoms with Crippen molar-refractivity contribution in [1.29, 1.82) is 0 Å². The quantitative estimate of drug-likeness (QED) is 0.194. The number of carbonyl (C=O) groups is 1. The zero-order valence-electron chi connectivity index (χ0n) is 21.1. The first-order chi connectivity index (χ1) is 18.9. The summed E-state index contributed by atoms with van der Waals surface area (Å²) in [4.78, 5) is 15.5. The number of rotatable bonds is 5. The van der Waals surface area contributed by atoms with Crippen LogP contribution >= 0.6 is 0 Å². The number of halogens is 3. The fraction of sp³-hybridized carbons (Fsp3) is 0.103. The van der Waals surface area contributed by atoms with Gasteiger partial charge in [-0.1, -0.05) is 18.2 Å². The van der Waals surface area contributed by atoms with Crippen LogP contribution in [0.25, 0.3) is 27.8 Å². The van der Waals surface area contributed by atoms with E-state index in [-0.39, 0.29) is 33.5 Å². The normalized spacial score (nSPS) is 11.9. The molecule has 0 unspecified atom stereocenters. The monoisotopic (exact) mass is 546 g/mol. The van der Waals surface area contributed by atoms with Gasteiger partial charge in [0.15, 0.2) is 11.4 Å². The molecule has 0 aliphatic heterocycles. The Balaban J connectivity index is 1.66. The van der Waals surface area contributed by atoms with Crippen LogP contribution in [-0.2, 0) is 6.18 Å². The number of benzene rings is 3. The van der Waals surface area contributed by atoms with E-state index in [2.05, 4.69) is 15.2 Å². The fourth-order valence-corrected chi connectivity index (χ4v) is 4.51. The van der Waals surface area contributed by atoms with Crippen molar-refractivity contribution in [3.05, 3.63) is 95.2 Å². The molecule has 0 radical (unpaired) electrons. The Hall–Kier alpha value is -5.19. The van der Waals surface area contributed by atoms with E-state index in [9.17, 15) is 33.3 Å². The molecule has 2 heterocycles. The van der Waals surface area contributed by atoms with Crippen molar-refractivity contribution in [2.24, 2.45) is 10.2 Å². The highest BCUT2D eigenvalue weighted by Gasteiger charge is 2.32. The zero-order valence-corrected chi connectivity index (χ0v) is 21.1. The van der Waals surface area contributed by atoms with Gasteiger partial charge in [0.05, 0.1) is 16.6 Å². The van der Waals surface area contributed by atoms with Gasteiger partial charge in [0.1, 0.15) is 11.4 Å². The number of alkyl halides is 3. The third-order valence-electron chi connectivity index (χ3n) is 6.25. The average Bonchev–Trinajstić information content (AvgIpc) is 3.17. The molecule has 40 heavy (non-hydrogen) atoms. The number of aryl methyl sites for hydroxylation is 2. The molecule has 0 fully saturated rings. The number of aromatic carboxylic acids is 1. The molecule has 11 heteroatoms. The van der Waals surface area contributed by atoms with Crippen LogP contribution in [0.5, 0.6) is 11.6 Å².